The summed E-state index contributed by atoms with van der Waals surface area (Å²) >= 11 is 3.63. The molecule has 1 heterocycles. The largest absolute Gasteiger partial charge is 0.503 e. The maximum Gasteiger partial charge on any atom is 0.290 e. The number of ether oxygens (including phenoxy) is 1. The predicted octanol–water partition coefficient (Wildman–Crippen LogP) is 5.82. The number of benzene rings is 3. The molecular weight excluding hydrogens is 442 g/mol. The van der Waals surface area contributed by atoms with Gasteiger partial charge < -0.3 is 14.7 Å². The number of nitrogens with zero attached hydrogens (tertiary/aromatic N) is 1. The first kappa shape index (κ1) is 20.2. The second kappa shape index (κ2) is 8.36. The molecule has 0 spiro atoms. The lowest BCUT2D eigenvalue weighted by Crippen LogP contribution is -2.30. The minimum absolute atomic E-state index is 0.201. The molecule has 0 fully saturated rings. The minimum atomic E-state index is -0.405. The fraction of sp³-hybridized carbons (Fsp3) is 0.160. The summed E-state index contributed by atoms with van der Waals surface area (Å²) in [7, 11) is 1.62. The third-order valence-corrected chi connectivity index (χ3v) is 6.10. The number of hydrogen-bond acceptors (Lipinski definition) is 3. The molecule has 0 aromatic heterocycles. The van der Waals surface area contributed by atoms with Crippen LogP contribution in [0.4, 0.5) is 0 Å². The highest BCUT2D eigenvalue weighted by molar-refractivity contribution is 9.10. The molecule has 0 saturated carbocycles. The smallest absolute Gasteiger partial charge is 0.290 e. The van der Waals surface area contributed by atoms with Crippen LogP contribution in [0, 0.1) is 6.92 Å². The van der Waals surface area contributed by atoms with Crippen LogP contribution in [0.2, 0.25) is 0 Å². The van der Waals surface area contributed by atoms with Gasteiger partial charge in [-0.2, -0.15) is 0 Å². The van der Waals surface area contributed by atoms with Gasteiger partial charge in [0.05, 0.1) is 13.2 Å². The van der Waals surface area contributed by atoms with E-state index in [0.717, 1.165) is 32.5 Å². The maximum atomic E-state index is 13.2. The molecule has 30 heavy (non-hydrogen) atoms. The maximum absolute atomic E-state index is 13.2. The van der Waals surface area contributed by atoms with E-state index in [0.29, 0.717) is 12.1 Å². The van der Waals surface area contributed by atoms with Crippen LogP contribution in [0.5, 0.6) is 5.75 Å². The molecule has 3 aromatic rings. The second-order valence-corrected chi connectivity index (χ2v) is 8.19. The van der Waals surface area contributed by atoms with Gasteiger partial charge in [0.15, 0.2) is 5.76 Å². The number of carbonyl (C=O) groups is 1. The first-order chi connectivity index (χ1) is 14.5. The van der Waals surface area contributed by atoms with Gasteiger partial charge >= 0.3 is 0 Å². The van der Waals surface area contributed by atoms with Gasteiger partial charge in [0.2, 0.25) is 0 Å². The molecule has 1 N–H and O–H groups in total. The Bertz CT molecular complexity index is 1100. The van der Waals surface area contributed by atoms with Crippen LogP contribution < -0.4 is 4.74 Å². The summed E-state index contributed by atoms with van der Waals surface area (Å²) < 4.78 is 6.12. The van der Waals surface area contributed by atoms with Crippen LogP contribution in [0.25, 0.3) is 5.57 Å². The van der Waals surface area contributed by atoms with Crippen molar-refractivity contribution in [3.05, 3.63) is 105 Å². The monoisotopic (exact) mass is 463 g/mol. The second-order valence-electron chi connectivity index (χ2n) is 7.33. The van der Waals surface area contributed by atoms with Crippen LogP contribution in [-0.4, -0.2) is 23.0 Å². The molecule has 0 bridgehead atoms. The molecule has 4 rings (SSSR count). The Labute approximate surface area is 184 Å². The number of hydrogen-bond donors (Lipinski definition) is 1. The van der Waals surface area contributed by atoms with Gasteiger partial charge in [-0.3, -0.25) is 4.79 Å². The number of aryl methyl sites for hydroxylation is 1. The van der Waals surface area contributed by atoms with Crippen molar-refractivity contribution in [2.24, 2.45) is 0 Å². The van der Waals surface area contributed by atoms with E-state index in [1.165, 1.54) is 0 Å². The molecule has 1 amide bonds. The Kier molecular flexibility index (Phi) is 5.64. The van der Waals surface area contributed by atoms with Gasteiger partial charge in [0.25, 0.3) is 5.91 Å². The standard InChI is InChI=1S/C25H22BrNO3/c1-16-7-11-18(12-8-16)22-23(20-5-3-4-6-21(20)26)27(25(29)24(22)28)15-17-9-13-19(30-2)14-10-17/h3-14,23,28H,15H2,1-2H3/t23-/m1/s1. The number of aliphatic hydroxyl groups excluding tert-OH is 1. The molecule has 3 aromatic carbocycles. The zero-order valence-corrected chi connectivity index (χ0v) is 18.4. The lowest BCUT2D eigenvalue weighted by Gasteiger charge is -2.28. The normalized spacial score (nSPS) is 16.3. The molecule has 1 atom stereocenters. The van der Waals surface area contributed by atoms with E-state index in [1.54, 1.807) is 12.0 Å². The van der Waals surface area contributed by atoms with E-state index in [1.807, 2.05) is 79.7 Å². The lowest BCUT2D eigenvalue weighted by atomic mass is 9.93. The summed E-state index contributed by atoms with van der Waals surface area (Å²) in [6.45, 7) is 2.38. The van der Waals surface area contributed by atoms with Gasteiger partial charge in [-0.25, -0.2) is 0 Å². The molecular formula is C25H22BrNO3. The van der Waals surface area contributed by atoms with Crippen molar-refractivity contribution >= 4 is 27.4 Å². The van der Waals surface area contributed by atoms with Crippen LogP contribution in [-0.2, 0) is 11.3 Å². The van der Waals surface area contributed by atoms with E-state index in [2.05, 4.69) is 15.9 Å². The van der Waals surface area contributed by atoms with Gasteiger partial charge in [0.1, 0.15) is 5.75 Å². The molecule has 1 aliphatic heterocycles. The Morgan fingerprint density at radius 3 is 2.30 bits per heavy atom. The number of rotatable bonds is 5. The fourth-order valence-electron chi connectivity index (χ4n) is 3.79. The van der Waals surface area contributed by atoms with Crippen molar-refractivity contribution < 1.29 is 14.6 Å². The summed E-state index contributed by atoms with van der Waals surface area (Å²) in [5.74, 6) is 0.186. The average molecular weight is 464 g/mol. The minimum Gasteiger partial charge on any atom is -0.503 e. The van der Waals surface area contributed by atoms with E-state index in [9.17, 15) is 9.90 Å². The third-order valence-electron chi connectivity index (χ3n) is 5.38. The Hall–Kier alpha value is -3.05. The number of carbonyl (C=O) groups excluding carboxylic acids is 1. The zero-order chi connectivity index (χ0) is 21.3. The van der Waals surface area contributed by atoms with Crippen molar-refractivity contribution in [1.82, 2.24) is 4.90 Å². The molecule has 5 heteroatoms. The molecule has 152 valence electrons. The van der Waals surface area contributed by atoms with Crippen LogP contribution >= 0.6 is 15.9 Å². The lowest BCUT2D eigenvalue weighted by molar-refractivity contribution is -0.130. The van der Waals surface area contributed by atoms with Gasteiger partial charge in [0, 0.05) is 16.6 Å². The van der Waals surface area contributed by atoms with Crippen LogP contribution in [0.15, 0.2) is 83.0 Å². The predicted molar refractivity (Wildman–Crippen MR) is 121 cm³/mol. The zero-order valence-electron chi connectivity index (χ0n) is 16.8. The first-order valence-electron chi connectivity index (χ1n) is 9.68. The number of aliphatic hydroxyl groups is 1. The average Bonchev–Trinajstić information content (AvgIpc) is 3.00. The van der Waals surface area contributed by atoms with E-state index < -0.39 is 6.04 Å². The third kappa shape index (κ3) is 3.73. The quantitative estimate of drug-likeness (QED) is 0.518. The van der Waals surface area contributed by atoms with E-state index in [-0.39, 0.29) is 11.7 Å². The molecule has 1 aliphatic rings. The number of amides is 1. The fourth-order valence-corrected chi connectivity index (χ4v) is 4.29. The molecule has 4 nitrogen and oxygen atoms in total. The summed E-state index contributed by atoms with van der Waals surface area (Å²) in [5, 5.41) is 10.9. The van der Waals surface area contributed by atoms with Gasteiger partial charge in [-0.1, -0.05) is 76.1 Å². The van der Waals surface area contributed by atoms with Crippen molar-refractivity contribution in [2.75, 3.05) is 7.11 Å². The highest BCUT2D eigenvalue weighted by atomic mass is 79.9. The van der Waals surface area contributed by atoms with E-state index >= 15 is 0 Å². The summed E-state index contributed by atoms with van der Waals surface area (Å²) in [4.78, 5) is 14.9. The summed E-state index contributed by atoms with van der Waals surface area (Å²) in [6, 6.07) is 22.9. The van der Waals surface area contributed by atoms with Crippen molar-refractivity contribution in [2.45, 2.75) is 19.5 Å². The number of halogens is 1. The van der Waals surface area contributed by atoms with Gasteiger partial charge in [-0.15, -0.1) is 0 Å². The molecule has 0 radical (unpaired) electrons. The van der Waals surface area contributed by atoms with Crippen molar-refractivity contribution in [3.8, 4) is 5.75 Å². The summed E-state index contributed by atoms with van der Waals surface area (Å²) in [5.41, 5.74) is 4.47. The molecule has 0 unspecified atom stereocenters. The van der Waals surface area contributed by atoms with E-state index in [4.69, 9.17) is 4.74 Å². The highest BCUT2D eigenvalue weighted by Crippen LogP contribution is 2.45. The van der Waals surface area contributed by atoms with Crippen LogP contribution in [0.3, 0.4) is 0 Å². The molecule has 0 aliphatic carbocycles. The van der Waals surface area contributed by atoms with Crippen molar-refractivity contribution in [1.29, 1.82) is 0 Å². The Balaban J connectivity index is 1.80. The summed E-state index contributed by atoms with van der Waals surface area (Å²) in [6.07, 6.45) is 0. The van der Waals surface area contributed by atoms with Gasteiger partial charge in [-0.05, 0) is 41.8 Å². The van der Waals surface area contributed by atoms with Crippen LogP contribution in [0.1, 0.15) is 28.3 Å². The highest BCUT2D eigenvalue weighted by Gasteiger charge is 2.41. The number of methoxy groups -OCH3 is 1. The van der Waals surface area contributed by atoms with Crippen molar-refractivity contribution in [3.63, 3.8) is 0 Å². The Morgan fingerprint density at radius 2 is 1.67 bits per heavy atom. The SMILES string of the molecule is COc1ccc(CN2C(=O)C(O)=C(c3ccc(C)cc3)[C@H]2c2ccccc2Br)cc1. The molecule has 0 saturated heterocycles. The first-order valence-corrected chi connectivity index (χ1v) is 10.5. The topological polar surface area (TPSA) is 49.8 Å². The Morgan fingerprint density at radius 1 is 1.00 bits per heavy atom.